The zero-order chi connectivity index (χ0) is 19.7. The van der Waals surface area contributed by atoms with Crippen LogP contribution in [-0.4, -0.2) is 47.2 Å². The van der Waals surface area contributed by atoms with E-state index in [1.807, 2.05) is 0 Å². The van der Waals surface area contributed by atoms with Crippen LogP contribution in [0.3, 0.4) is 0 Å². The Morgan fingerprint density at radius 3 is 2.59 bits per heavy atom. The highest BCUT2D eigenvalue weighted by atomic mass is 16.5. The zero-order valence-corrected chi connectivity index (χ0v) is 16.0. The van der Waals surface area contributed by atoms with Gasteiger partial charge >= 0.3 is 5.97 Å². The zero-order valence-electron chi connectivity index (χ0n) is 16.0. The number of Topliss-reactive ketones (excluding diaryl/α,β-unsaturated/α-hetero) is 1. The van der Waals surface area contributed by atoms with Crippen LogP contribution >= 0.6 is 0 Å². The van der Waals surface area contributed by atoms with Crippen molar-refractivity contribution in [3.05, 3.63) is 46.7 Å². The standard InChI is InChI=1S/C20H24N2O5/c1-11-16(12(2)21-17(11)20(25)26-4)18(23)13(3)22(10-14-7-8-14)19(24)15-6-5-9-27-15/h5-6,9,13-14,21H,7-8,10H2,1-4H3. The molecule has 1 saturated carbocycles. The predicted octanol–water partition coefficient (Wildman–Crippen LogP) is 3.13. The van der Waals surface area contributed by atoms with E-state index in [2.05, 4.69) is 4.98 Å². The molecule has 0 spiro atoms. The molecule has 0 aromatic carbocycles. The number of carbonyl (C=O) groups excluding carboxylic acids is 3. The first-order chi connectivity index (χ1) is 12.8. The monoisotopic (exact) mass is 372 g/mol. The molecule has 2 aromatic heterocycles. The Balaban J connectivity index is 1.91. The van der Waals surface area contributed by atoms with Gasteiger partial charge in [-0.3, -0.25) is 9.59 Å². The van der Waals surface area contributed by atoms with E-state index in [9.17, 15) is 14.4 Å². The third-order valence-electron chi connectivity index (χ3n) is 5.07. The van der Waals surface area contributed by atoms with Gasteiger partial charge in [-0.15, -0.1) is 0 Å². The van der Waals surface area contributed by atoms with E-state index in [1.54, 1.807) is 37.8 Å². The summed E-state index contributed by atoms with van der Waals surface area (Å²) in [4.78, 5) is 42.5. The predicted molar refractivity (Wildman–Crippen MR) is 97.9 cm³/mol. The quantitative estimate of drug-likeness (QED) is 0.595. The highest BCUT2D eigenvalue weighted by Gasteiger charge is 2.35. The number of nitrogens with zero attached hydrogens (tertiary/aromatic N) is 1. The minimum Gasteiger partial charge on any atom is -0.464 e. The molecule has 0 bridgehead atoms. The first-order valence-electron chi connectivity index (χ1n) is 9.01. The highest BCUT2D eigenvalue weighted by Crippen LogP contribution is 2.32. The number of esters is 1. The molecule has 2 heterocycles. The van der Waals surface area contributed by atoms with Gasteiger partial charge in [0.25, 0.3) is 5.91 Å². The summed E-state index contributed by atoms with van der Waals surface area (Å²) in [6.45, 7) is 5.67. The van der Waals surface area contributed by atoms with Gasteiger partial charge in [-0.2, -0.15) is 0 Å². The van der Waals surface area contributed by atoms with Gasteiger partial charge in [0, 0.05) is 17.8 Å². The minimum atomic E-state index is -0.679. The van der Waals surface area contributed by atoms with E-state index in [4.69, 9.17) is 9.15 Å². The molecule has 7 heteroatoms. The molecule has 1 aliphatic rings. The Morgan fingerprint density at radius 2 is 2.04 bits per heavy atom. The third-order valence-corrected chi connectivity index (χ3v) is 5.07. The summed E-state index contributed by atoms with van der Waals surface area (Å²) >= 11 is 0. The van der Waals surface area contributed by atoms with Crippen molar-refractivity contribution in [3.63, 3.8) is 0 Å². The number of aromatic amines is 1. The van der Waals surface area contributed by atoms with Crippen LogP contribution in [0.2, 0.25) is 0 Å². The Kier molecular flexibility index (Phi) is 5.21. The van der Waals surface area contributed by atoms with Crippen molar-refractivity contribution in [2.45, 2.75) is 39.7 Å². The fraction of sp³-hybridized carbons (Fsp3) is 0.450. The van der Waals surface area contributed by atoms with Gasteiger partial charge in [0.1, 0.15) is 5.69 Å². The molecule has 27 heavy (non-hydrogen) atoms. The number of aryl methyl sites for hydroxylation is 1. The molecule has 1 aliphatic carbocycles. The van der Waals surface area contributed by atoms with Crippen LogP contribution in [-0.2, 0) is 4.74 Å². The molecule has 1 atom stereocenters. The molecule has 3 rings (SSSR count). The number of furan rings is 1. The Morgan fingerprint density at radius 1 is 1.33 bits per heavy atom. The first-order valence-corrected chi connectivity index (χ1v) is 9.01. The van der Waals surface area contributed by atoms with Crippen molar-refractivity contribution < 1.29 is 23.5 Å². The van der Waals surface area contributed by atoms with Crippen molar-refractivity contribution in [2.75, 3.05) is 13.7 Å². The maximum atomic E-state index is 13.2. The Hall–Kier alpha value is -2.83. The lowest BCUT2D eigenvalue weighted by Crippen LogP contribution is -2.44. The number of aromatic nitrogens is 1. The van der Waals surface area contributed by atoms with Crippen molar-refractivity contribution in [1.29, 1.82) is 0 Å². The van der Waals surface area contributed by atoms with E-state index < -0.39 is 12.0 Å². The van der Waals surface area contributed by atoms with E-state index >= 15 is 0 Å². The van der Waals surface area contributed by atoms with E-state index in [0.717, 1.165) is 12.8 Å². The average molecular weight is 372 g/mol. The number of ether oxygens (including phenoxy) is 1. The van der Waals surface area contributed by atoms with Gasteiger partial charge in [-0.25, -0.2) is 4.79 Å². The molecule has 2 aromatic rings. The van der Waals surface area contributed by atoms with E-state index in [1.165, 1.54) is 13.4 Å². The number of H-pyrrole nitrogens is 1. The lowest BCUT2D eigenvalue weighted by atomic mass is 9.99. The van der Waals surface area contributed by atoms with Crippen molar-refractivity contribution in [2.24, 2.45) is 5.92 Å². The SMILES string of the molecule is COC(=O)c1[nH]c(C)c(C(=O)C(C)N(CC2CC2)C(=O)c2ccco2)c1C. The van der Waals surface area contributed by atoms with E-state index in [-0.39, 0.29) is 23.1 Å². The largest absolute Gasteiger partial charge is 0.464 e. The minimum absolute atomic E-state index is 0.211. The fourth-order valence-corrected chi connectivity index (χ4v) is 3.31. The topological polar surface area (TPSA) is 92.6 Å². The molecule has 1 fully saturated rings. The van der Waals surface area contributed by atoms with Gasteiger partial charge in [0.05, 0.1) is 19.4 Å². The van der Waals surface area contributed by atoms with Crippen LogP contribution in [0.1, 0.15) is 62.4 Å². The Labute approximate surface area is 157 Å². The van der Waals surface area contributed by atoms with Crippen LogP contribution in [0.5, 0.6) is 0 Å². The van der Waals surface area contributed by atoms with Crippen LogP contribution in [0.25, 0.3) is 0 Å². The smallest absolute Gasteiger partial charge is 0.354 e. The number of nitrogens with one attached hydrogen (secondary N) is 1. The molecule has 0 aliphatic heterocycles. The summed E-state index contributed by atoms with van der Waals surface area (Å²) in [6, 6.07) is 2.57. The summed E-state index contributed by atoms with van der Waals surface area (Å²) in [6.07, 6.45) is 3.55. The number of rotatable bonds is 7. The van der Waals surface area contributed by atoms with Crippen LogP contribution in [0.4, 0.5) is 0 Å². The number of hydrogen-bond acceptors (Lipinski definition) is 5. The number of methoxy groups -OCH3 is 1. The number of ketones is 1. The van der Waals surface area contributed by atoms with Crippen LogP contribution < -0.4 is 0 Å². The summed E-state index contributed by atoms with van der Waals surface area (Å²) in [5.41, 5.74) is 1.81. The molecular formula is C20H24N2O5. The third kappa shape index (κ3) is 3.67. The number of amides is 1. The lowest BCUT2D eigenvalue weighted by molar-refractivity contribution is 0.0587. The molecule has 1 N–H and O–H groups in total. The number of carbonyl (C=O) groups is 3. The molecule has 0 saturated heterocycles. The van der Waals surface area contributed by atoms with Crippen molar-refractivity contribution >= 4 is 17.7 Å². The fourth-order valence-electron chi connectivity index (χ4n) is 3.31. The van der Waals surface area contributed by atoms with E-state index in [0.29, 0.717) is 29.3 Å². The van der Waals surface area contributed by atoms with Crippen molar-refractivity contribution in [3.8, 4) is 0 Å². The number of hydrogen-bond donors (Lipinski definition) is 1. The summed E-state index contributed by atoms with van der Waals surface area (Å²) in [7, 11) is 1.29. The van der Waals surface area contributed by atoms with Gasteiger partial charge in [-0.05, 0) is 57.2 Å². The van der Waals surface area contributed by atoms with Gasteiger partial charge < -0.3 is 19.0 Å². The average Bonchev–Trinajstić information content (AvgIpc) is 3.20. The summed E-state index contributed by atoms with van der Waals surface area (Å²) in [5, 5.41) is 0. The van der Waals surface area contributed by atoms with Gasteiger partial charge in [-0.1, -0.05) is 0 Å². The molecule has 0 radical (unpaired) electrons. The second kappa shape index (κ2) is 7.42. The van der Waals surface area contributed by atoms with Gasteiger partial charge in [0.15, 0.2) is 11.5 Å². The molecule has 1 amide bonds. The molecule has 1 unspecified atom stereocenters. The normalized spacial score (nSPS) is 14.7. The van der Waals surface area contributed by atoms with Crippen LogP contribution in [0, 0.1) is 19.8 Å². The second-order valence-electron chi connectivity index (χ2n) is 7.03. The summed E-state index contributed by atoms with van der Waals surface area (Å²) < 4.78 is 10.0. The van der Waals surface area contributed by atoms with Crippen molar-refractivity contribution in [1.82, 2.24) is 9.88 Å². The molecule has 7 nitrogen and oxygen atoms in total. The molecular weight excluding hydrogens is 348 g/mol. The summed E-state index contributed by atoms with van der Waals surface area (Å²) in [5.74, 6) is -0.404. The molecule has 144 valence electrons. The van der Waals surface area contributed by atoms with Crippen LogP contribution in [0.15, 0.2) is 22.8 Å². The lowest BCUT2D eigenvalue weighted by Gasteiger charge is -2.28. The first kappa shape index (κ1) is 18.9. The second-order valence-corrected chi connectivity index (χ2v) is 7.03. The highest BCUT2D eigenvalue weighted by molar-refractivity contribution is 6.07. The van der Waals surface area contributed by atoms with Gasteiger partial charge in [0.2, 0.25) is 0 Å². The maximum absolute atomic E-state index is 13.2. The maximum Gasteiger partial charge on any atom is 0.354 e. The Bertz CT molecular complexity index is 861.